The average Bonchev–Trinajstić information content (AvgIpc) is 2.95. The summed E-state index contributed by atoms with van der Waals surface area (Å²) in [5.74, 6) is 1.25. The molecule has 32 heavy (non-hydrogen) atoms. The van der Waals surface area contributed by atoms with Crippen LogP contribution in [-0.2, 0) is 17.9 Å². The SMILES string of the molecule is COc1cccc(NC(O)NCc2cccc(CN3C(=O)C(C)(CC(C)C)N=C3N)c2)c1. The number of rotatable bonds is 10. The Morgan fingerprint density at radius 2 is 1.91 bits per heavy atom. The van der Waals surface area contributed by atoms with Gasteiger partial charge in [-0.05, 0) is 42.5 Å². The second kappa shape index (κ2) is 10.0. The Bertz CT molecular complexity index is 978. The molecule has 0 radical (unpaired) electrons. The first-order valence-corrected chi connectivity index (χ1v) is 10.8. The van der Waals surface area contributed by atoms with Gasteiger partial charge in [-0.3, -0.25) is 15.0 Å². The molecule has 0 aromatic heterocycles. The monoisotopic (exact) mass is 439 g/mol. The summed E-state index contributed by atoms with van der Waals surface area (Å²) in [7, 11) is 1.60. The van der Waals surface area contributed by atoms with Crippen LogP contribution in [0.15, 0.2) is 53.5 Å². The van der Waals surface area contributed by atoms with Crippen molar-refractivity contribution >= 4 is 17.6 Å². The smallest absolute Gasteiger partial charge is 0.257 e. The summed E-state index contributed by atoms with van der Waals surface area (Å²) < 4.78 is 5.19. The van der Waals surface area contributed by atoms with Gasteiger partial charge in [-0.25, -0.2) is 4.99 Å². The standard InChI is InChI=1S/C24H33N5O3/c1-16(2)13-24(3)21(30)29(22(25)28-24)15-18-8-5-7-17(11-18)14-26-23(31)27-19-9-6-10-20(12-19)32-4/h5-12,16,23,26-27,31H,13-15H2,1-4H3,(H2,25,28). The van der Waals surface area contributed by atoms with Crippen molar-refractivity contribution in [2.24, 2.45) is 16.6 Å². The van der Waals surface area contributed by atoms with Gasteiger partial charge in [-0.15, -0.1) is 0 Å². The first-order valence-electron chi connectivity index (χ1n) is 10.8. The maximum absolute atomic E-state index is 13.0. The Morgan fingerprint density at radius 3 is 2.62 bits per heavy atom. The fourth-order valence-electron chi connectivity index (χ4n) is 3.99. The van der Waals surface area contributed by atoms with Gasteiger partial charge in [0.2, 0.25) is 0 Å². The molecule has 172 valence electrons. The van der Waals surface area contributed by atoms with Crippen LogP contribution < -0.4 is 21.1 Å². The summed E-state index contributed by atoms with van der Waals surface area (Å²) in [5, 5.41) is 16.3. The normalized spacial score (nSPS) is 19.2. The number of methoxy groups -OCH3 is 1. The van der Waals surface area contributed by atoms with E-state index in [1.807, 2.05) is 49.4 Å². The largest absolute Gasteiger partial charge is 0.497 e. The number of ether oxygens (including phenoxy) is 1. The predicted octanol–water partition coefficient (Wildman–Crippen LogP) is 2.63. The van der Waals surface area contributed by atoms with E-state index < -0.39 is 11.9 Å². The number of amides is 1. The third kappa shape index (κ3) is 5.77. The molecular formula is C24H33N5O3. The van der Waals surface area contributed by atoms with Crippen LogP contribution in [-0.4, -0.2) is 40.9 Å². The van der Waals surface area contributed by atoms with Gasteiger partial charge in [0.1, 0.15) is 11.3 Å². The number of anilines is 1. The fraction of sp³-hybridized carbons (Fsp3) is 0.417. The van der Waals surface area contributed by atoms with Crippen LogP contribution >= 0.6 is 0 Å². The second-order valence-electron chi connectivity index (χ2n) is 8.71. The van der Waals surface area contributed by atoms with Gasteiger partial charge < -0.3 is 20.9 Å². The Kier molecular flexibility index (Phi) is 7.37. The van der Waals surface area contributed by atoms with Crippen molar-refractivity contribution in [3.8, 4) is 5.75 Å². The topological polar surface area (TPSA) is 112 Å². The lowest BCUT2D eigenvalue weighted by molar-refractivity contribution is -0.131. The van der Waals surface area contributed by atoms with E-state index in [2.05, 4.69) is 29.5 Å². The van der Waals surface area contributed by atoms with E-state index in [0.717, 1.165) is 16.8 Å². The summed E-state index contributed by atoms with van der Waals surface area (Å²) in [6, 6.07) is 15.2. The summed E-state index contributed by atoms with van der Waals surface area (Å²) in [6.45, 7) is 6.79. The minimum absolute atomic E-state index is 0.0647. The number of aliphatic hydroxyl groups excluding tert-OH is 1. The molecule has 2 atom stereocenters. The van der Waals surface area contributed by atoms with E-state index in [9.17, 15) is 9.90 Å². The first kappa shape index (κ1) is 23.6. The number of carbonyl (C=O) groups excluding carboxylic acids is 1. The molecule has 0 fully saturated rings. The average molecular weight is 440 g/mol. The van der Waals surface area contributed by atoms with Gasteiger partial charge in [-0.1, -0.05) is 44.2 Å². The third-order valence-corrected chi connectivity index (χ3v) is 5.35. The Balaban J connectivity index is 1.58. The zero-order valence-corrected chi connectivity index (χ0v) is 19.1. The van der Waals surface area contributed by atoms with Gasteiger partial charge in [0.05, 0.1) is 13.7 Å². The number of carbonyl (C=O) groups is 1. The van der Waals surface area contributed by atoms with Crippen LogP contribution in [0.2, 0.25) is 0 Å². The molecular weight excluding hydrogens is 406 g/mol. The predicted molar refractivity (Wildman–Crippen MR) is 126 cm³/mol. The zero-order chi connectivity index (χ0) is 23.3. The number of nitrogens with zero attached hydrogens (tertiary/aromatic N) is 2. The van der Waals surface area contributed by atoms with Crippen molar-refractivity contribution in [3.05, 3.63) is 59.7 Å². The molecule has 1 aliphatic heterocycles. The minimum Gasteiger partial charge on any atom is -0.497 e. The minimum atomic E-state index is -0.939. The number of benzene rings is 2. The summed E-state index contributed by atoms with van der Waals surface area (Å²) in [4.78, 5) is 19.0. The number of aliphatic imine (C=N–C) groups is 1. The van der Waals surface area contributed by atoms with Gasteiger partial charge in [-0.2, -0.15) is 0 Å². The van der Waals surface area contributed by atoms with Gasteiger partial charge >= 0.3 is 0 Å². The lowest BCUT2D eigenvalue weighted by Gasteiger charge is -2.24. The maximum atomic E-state index is 13.0. The molecule has 2 aromatic carbocycles. The van der Waals surface area contributed by atoms with E-state index in [0.29, 0.717) is 31.2 Å². The highest BCUT2D eigenvalue weighted by molar-refractivity contribution is 6.06. The second-order valence-corrected chi connectivity index (χ2v) is 8.71. The highest BCUT2D eigenvalue weighted by Gasteiger charge is 2.43. The molecule has 1 heterocycles. The maximum Gasteiger partial charge on any atom is 0.257 e. The van der Waals surface area contributed by atoms with Crippen molar-refractivity contribution in [3.63, 3.8) is 0 Å². The number of hydrogen-bond acceptors (Lipinski definition) is 7. The summed E-state index contributed by atoms with van der Waals surface area (Å²) in [6.07, 6.45) is -0.281. The summed E-state index contributed by atoms with van der Waals surface area (Å²) >= 11 is 0. The fourth-order valence-corrected chi connectivity index (χ4v) is 3.99. The molecule has 0 saturated heterocycles. The number of guanidine groups is 1. The van der Waals surface area contributed by atoms with Gasteiger partial charge in [0.15, 0.2) is 12.3 Å². The third-order valence-electron chi connectivity index (χ3n) is 5.35. The molecule has 8 heteroatoms. The first-order chi connectivity index (χ1) is 15.2. The zero-order valence-electron chi connectivity index (χ0n) is 19.1. The highest BCUT2D eigenvalue weighted by atomic mass is 16.5. The molecule has 0 spiro atoms. The van der Waals surface area contributed by atoms with Crippen molar-refractivity contribution in [1.82, 2.24) is 10.2 Å². The molecule has 1 amide bonds. The number of aliphatic hydroxyl groups is 1. The number of nitrogens with one attached hydrogen (secondary N) is 2. The van der Waals surface area contributed by atoms with Crippen LogP contribution in [0.4, 0.5) is 5.69 Å². The summed E-state index contributed by atoms with van der Waals surface area (Å²) in [5.41, 5.74) is 7.95. The molecule has 1 aliphatic rings. The van der Waals surface area contributed by atoms with Crippen molar-refractivity contribution in [2.75, 3.05) is 12.4 Å². The van der Waals surface area contributed by atoms with Crippen LogP contribution in [0.1, 0.15) is 38.3 Å². The van der Waals surface area contributed by atoms with Crippen LogP contribution in [0.5, 0.6) is 5.75 Å². The van der Waals surface area contributed by atoms with Crippen LogP contribution in [0.25, 0.3) is 0 Å². The molecule has 0 aliphatic carbocycles. The quantitative estimate of drug-likeness (QED) is 0.424. The van der Waals surface area contributed by atoms with Crippen molar-refractivity contribution in [1.29, 1.82) is 0 Å². The van der Waals surface area contributed by atoms with Crippen molar-refractivity contribution in [2.45, 2.75) is 52.2 Å². The van der Waals surface area contributed by atoms with E-state index in [4.69, 9.17) is 10.5 Å². The van der Waals surface area contributed by atoms with E-state index in [-0.39, 0.29) is 11.9 Å². The molecule has 8 nitrogen and oxygen atoms in total. The molecule has 2 unspecified atom stereocenters. The molecule has 3 rings (SSSR count). The van der Waals surface area contributed by atoms with E-state index in [1.54, 1.807) is 18.1 Å². The lowest BCUT2D eigenvalue weighted by Crippen LogP contribution is -2.43. The highest BCUT2D eigenvalue weighted by Crippen LogP contribution is 2.29. The Labute approximate surface area is 189 Å². The molecule has 0 bridgehead atoms. The molecule has 5 N–H and O–H groups in total. The Hall–Kier alpha value is -3.10. The van der Waals surface area contributed by atoms with Crippen LogP contribution in [0, 0.1) is 5.92 Å². The van der Waals surface area contributed by atoms with Crippen LogP contribution in [0.3, 0.4) is 0 Å². The molecule has 2 aromatic rings. The number of nitrogens with two attached hydrogens (primary N) is 1. The number of hydrogen-bond donors (Lipinski definition) is 4. The van der Waals surface area contributed by atoms with E-state index >= 15 is 0 Å². The van der Waals surface area contributed by atoms with Gasteiger partial charge in [0.25, 0.3) is 5.91 Å². The van der Waals surface area contributed by atoms with Gasteiger partial charge in [0, 0.05) is 18.3 Å². The molecule has 0 saturated carbocycles. The van der Waals surface area contributed by atoms with Crippen molar-refractivity contribution < 1.29 is 14.6 Å². The van der Waals surface area contributed by atoms with E-state index in [1.165, 1.54) is 0 Å². The lowest BCUT2D eigenvalue weighted by atomic mass is 9.91. The Morgan fingerprint density at radius 1 is 1.19 bits per heavy atom.